The van der Waals surface area contributed by atoms with Gasteiger partial charge in [-0.1, -0.05) is 76.9 Å². The van der Waals surface area contributed by atoms with Crippen molar-refractivity contribution in [2.75, 3.05) is 19.7 Å². The van der Waals surface area contributed by atoms with Crippen LogP contribution >= 0.6 is 0 Å². The molecule has 2 N–H and O–H groups in total. The molecule has 0 fully saturated rings. The maximum absolute atomic E-state index is 11.0. The summed E-state index contributed by atoms with van der Waals surface area (Å²) in [6, 6.07) is 0. The van der Waals surface area contributed by atoms with Crippen LogP contribution in [0.3, 0.4) is 0 Å². The van der Waals surface area contributed by atoms with Crippen molar-refractivity contribution in [3.63, 3.8) is 0 Å². The molecule has 0 aliphatic carbocycles. The smallest absolute Gasteiger partial charge is 1.00 e. The summed E-state index contributed by atoms with van der Waals surface area (Å²) in [5.74, 6) is -0.838. The van der Waals surface area contributed by atoms with Crippen LogP contribution in [-0.2, 0) is 9.63 Å². The largest absolute Gasteiger partial charge is 1.00 e. The van der Waals surface area contributed by atoms with E-state index in [9.17, 15) is 9.90 Å². The minimum Gasteiger partial charge on any atom is -1.00 e. The third-order valence-corrected chi connectivity index (χ3v) is 6.18. The van der Waals surface area contributed by atoms with Crippen LogP contribution in [0, 0.1) is 5.92 Å². The van der Waals surface area contributed by atoms with Crippen molar-refractivity contribution in [3.8, 4) is 0 Å². The summed E-state index contributed by atoms with van der Waals surface area (Å²) in [4.78, 5) is 20.6. The third-order valence-electron chi connectivity index (χ3n) is 6.18. The van der Waals surface area contributed by atoms with Gasteiger partial charge in [-0.15, -0.1) is 0 Å². The second kappa shape index (κ2) is 23.3. The van der Waals surface area contributed by atoms with Gasteiger partial charge in [-0.25, -0.2) is 5.06 Å². The maximum Gasteiger partial charge on any atom is 1.00 e. The molecule has 2 atom stereocenters. The van der Waals surface area contributed by atoms with E-state index in [1.165, 1.54) is 70.6 Å². The first-order chi connectivity index (χ1) is 15.6. The first-order valence-corrected chi connectivity index (χ1v) is 13.1. The fraction of sp³-hybridized carbons (Fsp3) is 0.846. The van der Waals surface area contributed by atoms with Gasteiger partial charge >= 0.3 is 35.5 Å². The van der Waals surface area contributed by atoms with E-state index in [4.69, 9.17) is 9.94 Å². The molecule has 0 amide bonds. The van der Waals surface area contributed by atoms with Crippen molar-refractivity contribution >= 4 is 12.3 Å². The molecule has 0 aromatic carbocycles. The molecule has 188 valence electrons. The Morgan fingerprint density at radius 2 is 1.64 bits per heavy atom. The number of hydrogen-bond acceptors (Lipinski definition) is 5. The van der Waals surface area contributed by atoms with Crippen LogP contribution in [0.4, 0.5) is 0 Å². The summed E-state index contributed by atoms with van der Waals surface area (Å²) >= 11 is 0. The van der Waals surface area contributed by atoms with E-state index in [1.807, 2.05) is 0 Å². The number of carboxylic acids is 1. The monoisotopic (exact) mass is 476 g/mol. The van der Waals surface area contributed by atoms with E-state index in [1.54, 1.807) is 11.4 Å². The normalized spacial score (nSPS) is 15.2. The minimum atomic E-state index is -0.806. The average molecular weight is 477 g/mol. The summed E-state index contributed by atoms with van der Waals surface area (Å²) in [6.45, 7) is 3.88. The molecule has 0 aromatic rings. The van der Waals surface area contributed by atoms with Crippen LogP contribution in [0.15, 0.2) is 17.1 Å². The van der Waals surface area contributed by atoms with Gasteiger partial charge in [-0.05, 0) is 44.4 Å². The van der Waals surface area contributed by atoms with Gasteiger partial charge in [-0.3, -0.25) is 14.6 Å². The van der Waals surface area contributed by atoms with Crippen molar-refractivity contribution in [3.05, 3.63) is 12.2 Å². The van der Waals surface area contributed by atoms with Gasteiger partial charge in [-0.2, -0.15) is 0 Å². The number of aliphatic hydroxyl groups excluding tert-OH is 1. The first kappa shape index (κ1) is 32.6. The second-order valence-corrected chi connectivity index (χ2v) is 9.09. The summed E-state index contributed by atoms with van der Waals surface area (Å²) in [5.41, 5.74) is 0. The summed E-state index contributed by atoms with van der Waals surface area (Å²) < 4.78 is 0. The van der Waals surface area contributed by atoms with Crippen molar-refractivity contribution in [2.24, 2.45) is 10.9 Å². The molecule has 1 aliphatic rings. The maximum atomic E-state index is 11.0. The Bertz CT molecular complexity index is 523. The average Bonchev–Trinajstić information content (AvgIpc) is 3.30. The minimum absolute atomic E-state index is 0. The van der Waals surface area contributed by atoms with Crippen LogP contribution < -0.4 is 29.6 Å². The van der Waals surface area contributed by atoms with Gasteiger partial charge in [0.05, 0.1) is 19.2 Å². The van der Waals surface area contributed by atoms with E-state index in [-0.39, 0.29) is 49.9 Å². The Kier molecular flexibility index (Phi) is 23.1. The molecule has 7 heteroatoms. The number of hydrogen-bond donors (Lipinski definition) is 2. The molecule has 1 aliphatic heterocycles. The number of aliphatic imine (C=N–C) groups is 1. The second-order valence-electron chi connectivity index (χ2n) is 9.09. The molecule has 2 unspecified atom stereocenters. The number of aliphatic hydroxyl groups is 1. The van der Waals surface area contributed by atoms with Gasteiger partial charge in [0.1, 0.15) is 12.9 Å². The molecule has 1 heterocycles. The number of carboxylic acid groups (broad SMARTS) is 1. The quantitative estimate of drug-likeness (QED) is 0.142. The zero-order valence-corrected chi connectivity index (χ0v) is 23.4. The molecule has 6 nitrogen and oxygen atoms in total. The summed E-state index contributed by atoms with van der Waals surface area (Å²) in [7, 11) is 0. The molecule has 0 bridgehead atoms. The zero-order valence-electron chi connectivity index (χ0n) is 22.4. The van der Waals surface area contributed by atoms with Crippen LogP contribution in [-0.4, -0.2) is 53.4 Å². The van der Waals surface area contributed by atoms with E-state index >= 15 is 0 Å². The Labute approximate surface area is 226 Å². The molecule has 0 spiro atoms. The zero-order chi connectivity index (χ0) is 23.3. The fourth-order valence-electron chi connectivity index (χ4n) is 4.08. The van der Waals surface area contributed by atoms with E-state index in [2.05, 4.69) is 24.1 Å². The van der Waals surface area contributed by atoms with Crippen molar-refractivity contribution < 1.29 is 50.8 Å². The number of hydroxylamine groups is 2. The number of aliphatic carboxylic acids is 1. The first-order valence-electron chi connectivity index (χ1n) is 13.1. The van der Waals surface area contributed by atoms with Gasteiger partial charge < -0.3 is 11.6 Å². The van der Waals surface area contributed by atoms with Gasteiger partial charge in [0.25, 0.3) is 0 Å². The molecular formula is C26H49N2NaO4. The van der Waals surface area contributed by atoms with Crippen molar-refractivity contribution in [2.45, 2.75) is 116 Å². The fourth-order valence-corrected chi connectivity index (χ4v) is 4.08. The van der Waals surface area contributed by atoms with Crippen LogP contribution in [0.25, 0.3) is 0 Å². The molecule has 0 saturated carbocycles. The van der Waals surface area contributed by atoms with E-state index < -0.39 is 12.1 Å². The molecular weight excluding hydrogens is 427 g/mol. The number of allylic oxidation sites excluding steroid dienone is 2. The molecule has 33 heavy (non-hydrogen) atoms. The van der Waals surface area contributed by atoms with Gasteiger partial charge in [0.2, 0.25) is 0 Å². The number of carbonyl (C=O) groups is 1. The topological polar surface area (TPSA) is 82.4 Å². The van der Waals surface area contributed by atoms with Crippen LogP contribution in [0.5, 0.6) is 0 Å². The Morgan fingerprint density at radius 1 is 1.03 bits per heavy atom. The molecule has 0 radical (unpaired) electrons. The number of unbranched alkanes of at least 4 members (excludes halogenated alkanes) is 11. The number of nitrogens with zero attached hydrogens (tertiary/aromatic N) is 2. The Morgan fingerprint density at radius 3 is 2.21 bits per heavy atom. The molecule has 0 aromatic heterocycles. The Hall–Kier alpha value is -0.400. The predicted octanol–water partition coefficient (Wildman–Crippen LogP) is 3.26. The van der Waals surface area contributed by atoms with Crippen LogP contribution in [0.2, 0.25) is 0 Å². The molecule has 0 saturated heterocycles. The standard InChI is InChI=1S/C26H48N2O4.Na.H/c1-2-3-4-5-6-7-8-9-10-11-12-13-14-15-16-17-24(18-19-26(30)31)25(29)22-32-28-21-20-27-23-28;;/h9-10,23-25,29H,2-8,11-22H2,1H3,(H,30,31);;/q;+1;-1/b10-9-;;. The van der Waals surface area contributed by atoms with E-state index in [0.29, 0.717) is 19.5 Å². The number of rotatable bonds is 22. The van der Waals surface area contributed by atoms with E-state index in [0.717, 1.165) is 19.3 Å². The van der Waals surface area contributed by atoms with Gasteiger partial charge in [0.15, 0.2) is 0 Å². The van der Waals surface area contributed by atoms with Crippen LogP contribution in [0.1, 0.15) is 111 Å². The van der Waals surface area contributed by atoms with Crippen molar-refractivity contribution in [1.29, 1.82) is 0 Å². The van der Waals surface area contributed by atoms with Crippen molar-refractivity contribution in [1.82, 2.24) is 5.06 Å². The third kappa shape index (κ3) is 19.6. The predicted molar refractivity (Wildman–Crippen MR) is 133 cm³/mol. The Balaban J connectivity index is 0. The molecule has 1 rings (SSSR count). The summed E-state index contributed by atoms with van der Waals surface area (Å²) in [6.07, 6.45) is 23.5. The summed E-state index contributed by atoms with van der Waals surface area (Å²) in [5, 5.41) is 21.1. The SMILES string of the molecule is CCCCCCCC/C=C\CCCCCCCC(CCC(=O)O)C(O)CON1C=NCC1.[H-].[Na+]. The van der Waals surface area contributed by atoms with Gasteiger partial charge in [0, 0.05) is 6.42 Å².